The van der Waals surface area contributed by atoms with Crippen molar-refractivity contribution in [3.8, 4) is 34.0 Å². The normalized spacial score (nSPS) is 10.8. The largest absolute Gasteiger partial charge is 0.491 e. The van der Waals surface area contributed by atoms with Crippen molar-refractivity contribution in [2.24, 2.45) is 0 Å². The van der Waals surface area contributed by atoms with Crippen molar-refractivity contribution < 1.29 is 9.47 Å². The van der Waals surface area contributed by atoms with Crippen LogP contribution in [0.25, 0.3) is 22.5 Å². The number of benzene rings is 2. The maximum atomic E-state index is 6.15. The number of hydrogen-bond acceptors (Lipinski definition) is 6. The lowest BCUT2D eigenvalue weighted by Crippen LogP contribution is -2.03. The van der Waals surface area contributed by atoms with Gasteiger partial charge in [0.15, 0.2) is 17.3 Å². The zero-order valence-electron chi connectivity index (χ0n) is 18.6. The SMILES string of the molecule is CCCCc1nc(C)cc(OCc2ccc(-c3ccccc3-c3nnn[nH]3)cc2)c1OC. The van der Waals surface area contributed by atoms with E-state index in [9.17, 15) is 0 Å². The van der Waals surface area contributed by atoms with Crippen LogP contribution < -0.4 is 9.47 Å². The third kappa shape index (κ3) is 4.77. The van der Waals surface area contributed by atoms with E-state index in [1.165, 1.54) is 0 Å². The molecule has 0 unspecified atom stereocenters. The Morgan fingerprint density at radius 3 is 2.47 bits per heavy atom. The number of pyridine rings is 1. The van der Waals surface area contributed by atoms with Crippen LogP contribution in [0.3, 0.4) is 0 Å². The summed E-state index contributed by atoms with van der Waals surface area (Å²) in [6.07, 6.45) is 3.06. The van der Waals surface area contributed by atoms with Crippen molar-refractivity contribution >= 4 is 0 Å². The number of nitrogens with one attached hydrogen (secondary N) is 1. The van der Waals surface area contributed by atoms with Crippen molar-refractivity contribution in [3.63, 3.8) is 0 Å². The van der Waals surface area contributed by atoms with Gasteiger partial charge in [-0.2, -0.15) is 0 Å². The molecule has 0 atom stereocenters. The molecule has 4 aromatic rings. The molecule has 2 aromatic heterocycles. The van der Waals surface area contributed by atoms with Gasteiger partial charge in [0, 0.05) is 17.3 Å². The highest BCUT2D eigenvalue weighted by Gasteiger charge is 2.14. The third-order valence-corrected chi connectivity index (χ3v) is 5.30. The van der Waals surface area contributed by atoms with Gasteiger partial charge in [-0.3, -0.25) is 4.98 Å². The lowest BCUT2D eigenvalue weighted by Gasteiger charge is -2.15. The van der Waals surface area contributed by atoms with E-state index >= 15 is 0 Å². The Balaban J connectivity index is 1.52. The maximum absolute atomic E-state index is 6.15. The summed E-state index contributed by atoms with van der Waals surface area (Å²) in [6, 6.07) is 18.3. The minimum Gasteiger partial charge on any atom is -0.491 e. The van der Waals surface area contributed by atoms with Gasteiger partial charge in [-0.05, 0) is 46.9 Å². The zero-order chi connectivity index (χ0) is 22.3. The van der Waals surface area contributed by atoms with Gasteiger partial charge in [-0.25, -0.2) is 5.10 Å². The molecule has 0 bridgehead atoms. The van der Waals surface area contributed by atoms with Crippen molar-refractivity contribution in [3.05, 3.63) is 71.5 Å². The van der Waals surface area contributed by atoms with Gasteiger partial charge in [0.25, 0.3) is 0 Å². The second-order valence-electron chi connectivity index (χ2n) is 7.63. The number of hydrogen-bond donors (Lipinski definition) is 1. The number of ether oxygens (including phenoxy) is 2. The van der Waals surface area contributed by atoms with E-state index in [0.717, 1.165) is 64.4 Å². The predicted octanol–water partition coefficient (Wildman–Crippen LogP) is 5.17. The van der Waals surface area contributed by atoms with Crippen molar-refractivity contribution in [1.29, 1.82) is 0 Å². The molecule has 2 aromatic carbocycles. The average molecular weight is 430 g/mol. The average Bonchev–Trinajstić information content (AvgIpc) is 3.36. The number of aromatic amines is 1. The van der Waals surface area contributed by atoms with Crippen molar-refractivity contribution in [2.75, 3.05) is 7.11 Å². The number of aryl methyl sites for hydroxylation is 2. The molecule has 0 radical (unpaired) electrons. The van der Waals surface area contributed by atoms with Gasteiger partial charge in [0.2, 0.25) is 0 Å². The molecular formula is C25H27N5O2. The molecule has 0 fully saturated rings. The number of nitrogens with zero attached hydrogens (tertiary/aromatic N) is 4. The molecule has 7 nitrogen and oxygen atoms in total. The van der Waals surface area contributed by atoms with Gasteiger partial charge in [-0.1, -0.05) is 61.9 Å². The summed E-state index contributed by atoms with van der Waals surface area (Å²) in [6.45, 7) is 4.60. The van der Waals surface area contributed by atoms with E-state index in [2.05, 4.69) is 62.9 Å². The second-order valence-corrected chi connectivity index (χ2v) is 7.63. The van der Waals surface area contributed by atoms with Crippen LogP contribution in [0.15, 0.2) is 54.6 Å². The van der Waals surface area contributed by atoms with Crippen LogP contribution in [0.2, 0.25) is 0 Å². The van der Waals surface area contributed by atoms with E-state index in [-0.39, 0.29) is 0 Å². The Morgan fingerprint density at radius 2 is 1.78 bits per heavy atom. The number of unbranched alkanes of at least 4 members (excludes halogenated alkanes) is 1. The summed E-state index contributed by atoms with van der Waals surface area (Å²) in [5.74, 6) is 2.11. The van der Waals surface area contributed by atoms with Crippen LogP contribution in [-0.4, -0.2) is 32.7 Å². The molecule has 0 aliphatic heterocycles. The highest BCUT2D eigenvalue weighted by Crippen LogP contribution is 2.33. The minimum atomic E-state index is 0.445. The molecule has 0 spiro atoms. The van der Waals surface area contributed by atoms with E-state index in [0.29, 0.717) is 12.4 Å². The molecule has 0 amide bonds. The van der Waals surface area contributed by atoms with Crippen LogP contribution in [0.4, 0.5) is 0 Å². The molecule has 0 saturated heterocycles. The Kier molecular flexibility index (Phi) is 6.75. The van der Waals surface area contributed by atoms with Gasteiger partial charge < -0.3 is 9.47 Å². The summed E-state index contributed by atoms with van der Waals surface area (Å²) in [5, 5.41) is 14.3. The number of aromatic nitrogens is 5. The molecule has 0 saturated carbocycles. The van der Waals surface area contributed by atoms with Gasteiger partial charge in [-0.15, -0.1) is 5.10 Å². The number of rotatable bonds is 9. The fraction of sp³-hybridized carbons (Fsp3) is 0.280. The molecule has 7 heteroatoms. The minimum absolute atomic E-state index is 0.445. The van der Waals surface area contributed by atoms with Crippen molar-refractivity contribution in [1.82, 2.24) is 25.6 Å². The predicted molar refractivity (Wildman–Crippen MR) is 124 cm³/mol. The Bertz CT molecular complexity index is 1160. The van der Waals surface area contributed by atoms with E-state index in [1.807, 2.05) is 31.2 Å². The Morgan fingerprint density at radius 1 is 1.00 bits per heavy atom. The fourth-order valence-electron chi connectivity index (χ4n) is 3.69. The van der Waals surface area contributed by atoms with Gasteiger partial charge in [0.1, 0.15) is 6.61 Å². The van der Waals surface area contributed by atoms with Crippen LogP contribution in [0.1, 0.15) is 36.7 Å². The first-order valence-corrected chi connectivity index (χ1v) is 10.8. The summed E-state index contributed by atoms with van der Waals surface area (Å²) < 4.78 is 11.8. The summed E-state index contributed by atoms with van der Waals surface area (Å²) >= 11 is 0. The Labute approximate surface area is 187 Å². The maximum Gasteiger partial charge on any atom is 0.182 e. The van der Waals surface area contributed by atoms with Crippen LogP contribution in [-0.2, 0) is 13.0 Å². The highest BCUT2D eigenvalue weighted by molar-refractivity contribution is 5.80. The number of tetrazole rings is 1. The number of methoxy groups -OCH3 is 1. The van der Waals surface area contributed by atoms with E-state index < -0.39 is 0 Å². The fourth-order valence-corrected chi connectivity index (χ4v) is 3.69. The lowest BCUT2D eigenvalue weighted by atomic mass is 9.98. The van der Waals surface area contributed by atoms with Gasteiger partial charge >= 0.3 is 0 Å². The zero-order valence-corrected chi connectivity index (χ0v) is 18.6. The molecule has 4 rings (SSSR count). The second kappa shape index (κ2) is 10.0. The first-order chi connectivity index (χ1) is 15.7. The summed E-state index contributed by atoms with van der Waals surface area (Å²) in [4.78, 5) is 4.65. The molecule has 164 valence electrons. The molecule has 0 aliphatic rings. The van der Waals surface area contributed by atoms with Crippen LogP contribution >= 0.6 is 0 Å². The van der Waals surface area contributed by atoms with Crippen LogP contribution in [0.5, 0.6) is 11.5 Å². The topological polar surface area (TPSA) is 85.8 Å². The molecular weight excluding hydrogens is 402 g/mol. The van der Waals surface area contributed by atoms with Gasteiger partial charge in [0.05, 0.1) is 12.8 Å². The smallest absolute Gasteiger partial charge is 0.182 e. The highest BCUT2D eigenvalue weighted by atomic mass is 16.5. The first kappa shape index (κ1) is 21.5. The van der Waals surface area contributed by atoms with Crippen molar-refractivity contribution in [2.45, 2.75) is 39.7 Å². The standard InChI is InChI=1S/C25H27N5O2/c1-4-5-10-22-24(31-3)23(15-17(2)26-22)32-16-18-11-13-19(14-12-18)20-8-6-7-9-21(20)25-27-29-30-28-25/h6-9,11-15H,4-5,10,16H2,1-3H3,(H,27,28,29,30). The van der Waals surface area contributed by atoms with E-state index in [4.69, 9.17) is 9.47 Å². The molecule has 0 aliphatic carbocycles. The van der Waals surface area contributed by atoms with E-state index in [1.54, 1.807) is 7.11 Å². The lowest BCUT2D eigenvalue weighted by molar-refractivity contribution is 0.281. The number of H-pyrrole nitrogens is 1. The quantitative estimate of drug-likeness (QED) is 0.395. The molecule has 32 heavy (non-hydrogen) atoms. The Hall–Kier alpha value is -3.74. The molecule has 1 N–H and O–H groups in total. The van der Waals surface area contributed by atoms with Crippen LogP contribution in [0, 0.1) is 6.92 Å². The third-order valence-electron chi connectivity index (χ3n) is 5.30. The summed E-state index contributed by atoms with van der Waals surface area (Å²) in [7, 11) is 1.67. The first-order valence-electron chi connectivity index (χ1n) is 10.8. The molecule has 2 heterocycles. The summed E-state index contributed by atoms with van der Waals surface area (Å²) in [5.41, 5.74) is 6.06. The monoisotopic (exact) mass is 429 g/mol.